The van der Waals surface area contributed by atoms with E-state index in [1.165, 1.54) is 16.4 Å². The van der Waals surface area contributed by atoms with Gasteiger partial charge in [0, 0.05) is 34.8 Å². The fraction of sp³-hybridized carbons (Fsp3) is 0.409. The lowest BCUT2D eigenvalue weighted by Crippen LogP contribution is -2.34. The fourth-order valence-corrected chi connectivity index (χ4v) is 6.59. The van der Waals surface area contributed by atoms with Gasteiger partial charge >= 0.3 is 0 Å². The van der Waals surface area contributed by atoms with Crippen molar-refractivity contribution in [2.24, 2.45) is 0 Å². The molecule has 2 aliphatic heterocycles. The zero-order valence-corrected chi connectivity index (χ0v) is 18.7. The summed E-state index contributed by atoms with van der Waals surface area (Å²) >= 11 is 1.61. The fourth-order valence-electron chi connectivity index (χ4n) is 3.86. The number of anilines is 1. The molecule has 2 heterocycles. The van der Waals surface area contributed by atoms with Crippen molar-refractivity contribution >= 4 is 33.4 Å². The highest BCUT2D eigenvalue weighted by molar-refractivity contribution is 8.01. The second-order valence-corrected chi connectivity index (χ2v) is 11.9. The molecule has 1 saturated heterocycles. The minimum atomic E-state index is -3.90. The van der Waals surface area contributed by atoms with Gasteiger partial charge < -0.3 is 4.90 Å². The van der Waals surface area contributed by atoms with Gasteiger partial charge in [-0.3, -0.25) is 9.10 Å². The van der Waals surface area contributed by atoms with E-state index >= 15 is 0 Å². The van der Waals surface area contributed by atoms with Crippen LogP contribution in [0.3, 0.4) is 0 Å². The molecule has 0 saturated carbocycles. The molecule has 160 valence electrons. The number of benzene rings is 2. The zero-order chi connectivity index (χ0) is 21.5. The van der Waals surface area contributed by atoms with Crippen molar-refractivity contribution in [3.05, 3.63) is 53.8 Å². The number of thioether (sulfide) groups is 1. The van der Waals surface area contributed by atoms with Crippen LogP contribution in [-0.4, -0.2) is 43.6 Å². The molecule has 8 heteroatoms. The van der Waals surface area contributed by atoms with Gasteiger partial charge in [0.15, 0.2) is 0 Å². The number of carbonyl (C=O) groups is 1. The summed E-state index contributed by atoms with van der Waals surface area (Å²) in [7, 11) is -3.90. The van der Waals surface area contributed by atoms with Crippen molar-refractivity contribution in [2.75, 3.05) is 23.9 Å². The zero-order valence-electron chi connectivity index (χ0n) is 17.1. The highest BCUT2D eigenvalue weighted by Crippen LogP contribution is 2.45. The quantitative estimate of drug-likeness (QED) is 0.692. The Morgan fingerprint density at radius 1 is 1.03 bits per heavy atom. The van der Waals surface area contributed by atoms with Gasteiger partial charge in [0.25, 0.3) is 15.9 Å². The summed E-state index contributed by atoms with van der Waals surface area (Å²) in [5.41, 5.74) is 1.01. The van der Waals surface area contributed by atoms with Crippen molar-refractivity contribution in [3.8, 4) is 0 Å². The number of hydrogen-bond acceptors (Lipinski definition) is 4. The normalized spacial score (nSPS) is 18.8. The second-order valence-electron chi connectivity index (χ2n) is 8.32. The molecular formula is C22H25FN2O3S2. The van der Waals surface area contributed by atoms with Gasteiger partial charge in [-0.25, -0.2) is 12.8 Å². The van der Waals surface area contributed by atoms with Crippen LogP contribution in [0.1, 0.15) is 43.5 Å². The summed E-state index contributed by atoms with van der Waals surface area (Å²) in [5, 5.41) is 0. The molecule has 2 aliphatic rings. The van der Waals surface area contributed by atoms with Crippen LogP contribution < -0.4 is 4.31 Å². The first-order valence-corrected chi connectivity index (χ1v) is 12.3. The van der Waals surface area contributed by atoms with E-state index in [4.69, 9.17) is 0 Å². The van der Waals surface area contributed by atoms with Crippen LogP contribution in [0.2, 0.25) is 0 Å². The minimum Gasteiger partial charge on any atom is -0.339 e. The first-order valence-electron chi connectivity index (χ1n) is 10.1. The maximum atomic E-state index is 13.5. The molecule has 1 fully saturated rings. The number of sulfonamides is 1. The average molecular weight is 449 g/mol. The Balaban J connectivity index is 1.79. The molecule has 0 unspecified atom stereocenters. The van der Waals surface area contributed by atoms with Crippen molar-refractivity contribution in [1.29, 1.82) is 0 Å². The van der Waals surface area contributed by atoms with Crippen molar-refractivity contribution in [1.82, 2.24) is 4.90 Å². The molecule has 0 spiro atoms. The number of halogens is 1. The molecule has 0 radical (unpaired) electrons. The van der Waals surface area contributed by atoms with E-state index in [-0.39, 0.29) is 22.1 Å². The largest absolute Gasteiger partial charge is 0.339 e. The van der Waals surface area contributed by atoms with Gasteiger partial charge in [-0.2, -0.15) is 0 Å². The van der Waals surface area contributed by atoms with Crippen LogP contribution in [0.15, 0.2) is 52.3 Å². The van der Waals surface area contributed by atoms with Crippen LogP contribution in [0, 0.1) is 5.82 Å². The Bertz CT molecular complexity index is 1060. The van der Waals surface area contributed by atoms with Crippen molar-refractivity contribution in [2.45, 2.75) is 47.6 Å². The molecule has 30 heavy (non-hydrogen) atoms. The van der Waals surface area contributed by atoms with Crippen molar-refractivity contribution in [3.63, 3.8) is 0 Å². The number of amides is 1. The number of hydrogen-bond donors (Lipinski definition) is 0. The molecule has 0 aromatic heterocycles. The molecule has 2 aromatic rings. The van der Waals surface area contributed by atoms with E-state index in [0.717, 1.165) is 43.0 Å². The molecule has 4 rings (SSSR count). The summed E-state index contributed by atoms with van der Waals surface area (Å²) in [6.07, 6.45) is 2.62. The van der Waals surface area contributed by atoms with Gasteiger partial charge in [-0.05, 0) is 61.7 Å². The number of rotatable bonds is 3. The molecule has 5 nitrogen and oxygen atoms in total. The van der Waals surface area contributed by atoms with Gasteiger partial charge in [0.1, 0.15) is 5.82 Å². The minimum absolute atomic E-state index is 0.0378. The first-order chi connectivity index (χ1) is 14.2. The third-order valence-corrected chi connectivity index (χ3v) is 8.72. The third kappa shape index (κ3) is 4.07. The molecule has 0 aliphatic carbocycles. The Kier molecular flexibility index (Phi) is 5.57. The van der Waals surface area contributed by atoms with Crippen molar-refractivity contribution < 1.29 is 17.6 Å². The van der Waals surface area contributed by atoms with Crippen LogP contribution >= 0.6 is 11.8 Å². The standard InChI is InChI=1S/C22H25FN2O3S2/c1-22(2)11-14-25(30(27,28)18-8-6-17(23)7-9-18)19-15-16(5-10-20(19)29-22)21(26)24-12-3-4-13-24/h5-10,15H,3-4,11-14H2,1-2H3. The SMILES string of the molecule is CC1(C)CCN(S(=O)(=O)c2ccc(F)cc2)c2cc(C(=O)N3CCCC3)ccc2S1. The number of fused-ring (bicyclic) bond motifs is 1. The number of likely N-dealkylation sites (tertiary alicyclic amines) is 1. The predicted octanol–water partition coefficient (Wildman–Crippen LogP) is 4.53. The highest BCUT2D eigenvalue weighted by Gasteiger charge is 2.35. The molecular weight excluding hydrogens is 423 g/mol. The smallest absolute Gasteiger partial charge is 0.264 e. The Hall–Kier alpha value is -2.06. The van der Waals surface area contributed by atoms with E-state index in [1.807, 2.05) is 11.0 Å². The lowest BCUT2D eigenvalue weighted by molar-refractivity contribution is 0.0792. The molecule has 0 bridgehead atoms. The Morgan fingerprint density at radius 2 is 1.70 bits per heavy atom. The molecule has 2 aromatic carbocycles. The average Bonchev–Trinajstić information content (AvgIpc) is 3.18. The van der Waals surface area contributed by atoms with Crippen LogP contribution in [0.5, 0.6) is 0 Å². The summed E-state index contributed by atoms with van der Waals surface area (Å²) in [6.45, 7) is 5.91. The van der Waals surface area contributed by atoms with Crippen LogP contribution in [0.25, 0.3) is 0 Å². The predicted molar refractivity (Wildman–Crippen MR) is 117 cm³/mol. The maximum Gasteiger partial charge on any atom is 0.264 e. The lowest BCUT2D eigenvalue weighted by Gasteiger charge is -2.25. The topological polar surface area (TPSA) is 57.7 Å². The molecule has 1 amide bonds. The second kappa shape index (κ2) is 7.89. The van der Waals surface area contributed by atoms with E-state index in [9.17, 15) is 17.6 Å². The van der Waals surface area contributed by atoms with Crippen LogP contribution in [-0.2, 0) is 10.0 Å². The van der Waals surface area contributed by atoms with E-state index < -0.39 is 15.8 Å². The number of carbonyl (C=O) groups excluding carboxylic acids is 1. The van der Waals surface area contributed by atoms with E-state index in [1.54, 1.807) is 23.9 Å². The Labute approximate surface area is 181 Å². The summed E-state index contributed by atoms with van der Waals surface area (Å²) < 4.78 is 41.5. The molecule has 0 N–H and O–H groups in total. The van der Waals surface area contributed by atoms with Gasteiger partial charge in [-0.15, -0.1) is 11.8 Å². The summed E-state index contributed by atoms with van der Waals surface area (Å²) in [5.74, 6) is -0.552. The third-order valence-electron chi connectivity index (χ3n) is 5.57. The van der Waals surface area contributed by atoms with Crippen LogP contribution in [0.4, 0.5) is 10.1 Å². The Morgan fingerprint density at radius 3 is 2.37 bits per heavy atom. The first kappa shape index (κ1) is 21.2. The summed E-state index contributed by atoms with van der Waals surface area (Å²) in [4.78, 5) is 15.6. The lowest BCUT2D eigenvalue weighted by atomic mass is 10.1. The maximum absolute atomic E-state index is 13.5. The highest BCUT2D eigenvalue weighted by atomic mass is 32.2. The van der Waals surface area contributed by atoms with E-state index in [2.05, 4.69) is 13.8 Å². The monoisotopic (exact) mass is 448 g/mol. The van der Waals surface area contributed by atoms with Gasteiger partial charge in [-0.1, -0.05) is 13.8 Å². The van der Waals surface area contributed by atoms with Gasteiger partial charge in [0.2, 0.25) is 0 Å². The van der Waals surface area contributed by atoms with Gasteiger partial charge in [0.05, 0.1) is 10.6 Å². The van der Waals surface area contributed by atoms with E-state index in [0.29, 0.717) is 17.7 Å². The summed E-state index contributed by atoms with van der Waals surface area (Å²) in [6, 6.07) is 10.2. The molecule has 0 atom stereocenters. The number of nitrogens with zero attached hydrogens (tertiary/aromatic N) is 2.